The van der Waals surface area contributed by atoms with E-state index in [1.54, 1.807) is 6.20 Å². The first-order valence-electron chi connectivity index (χ1n) is 5.73. The van der Waals surface area contributed by atoms with Gasteiger partial charge in [0.25, 0.3) is 0 Å². The first-order chi connectivity index (χ1) is 8.19. The molecule has 2 aromatic heterocycles. The summed E-state index contributed by atoms with van der Waals surface area (Å²) >= 11 is 5.95. The predicted molar refractivity (Wildman–Crippen MR) is 69.8 cm³/mol. The maximum absolute atomic E-state index is 5.95. The van der Waals surface area contributed by atoms with E-state index in [0.717, 1.165) is 23.4 Å². The normalized spacial score (nSPS) is 10.8. The number of aryl methyl sites for hydroxylation is 1. The highest BCUT2D eigenvalue weighted by Gasteiger charge is 2.13. The third-order valence-corrected chi connectivity index (χ3v) is 3.34. The lowest BCUT2D eigenvalue weighted by Crippen LogP contribution is -2.03. The molecule has 2 heterocycles. The van der Waals surface area contributed by atoms with E-state index in [0.29, 0.717) is 5.88 Å². The van der Waals surface area contributed by atoms with Crippen molar-refractivity contribution in [3.8, 4) is 5.69 Å². The van der Waals surface area contributed by atoms with E-state index in [4.69, 9.17) is 11.6 Å². The second kappa shape index (κ2) is 4.88. The van der Waals surface area contributed by atoms with Crippen molar-refractivity contribution in [3.63, 3.8) is 0 Å². The van der Waals surface area contributed by atoms with E-state index in [2.05, 4.69) is 23.9 Å². The standard InChI is InChI=1S/C13H16ClN3/c1-4-12-9(2)16-17(10(12)3)13-8-15-6-5-11(13)7-14/h5-6,8H,4,7H2,1-3H3. The smallest absolute Gasteiger partial charge is 0.0876 e. The van der Waals surface area contributed by atoms with Crippen molar-refractivity contribution in [1.82, 2.24) is 14.8 Å². The molecule has 0 aliphatic carbocycles. The summed E-state index contributed by atoms with van der Waals surface area (Å²) in [5.74, 6) is 0.470. The summed E-state index contributed by atoms with van der Waals surface area (Å²) in [7, 11) is 0. The second-order valence-electron chi connectivity index (χ2n) is 4.05. The van der Waals surface area contributed by atoms with E-state index in [1.807, 2.05) is 23.9 Å². The van der Waals surface area contributed by atoms with Crippen molar-refractivity contribution < 1.29 is 0 Å². The van der Waals surface area contributed by atoms with Crippen molar-refractivity contribution >= 4 is 11.6 Å². The van der Waals surface area contributed by atoms with Crippen LogP contribution in [0.25, 0.3) is 5.69 Å². The molecule has 0 radical (unpaired) electrons. The summed E-state index contributed by atoms with van der Waals surface area (Å²) in [6.07, 6.45) is 4.57. The highest BCUT2D eigenvalue weighted by molar-refractivity contribution is 6.17. The van der Waals surface area contributed by atoms with Gasteiger partial charge in [0.05, 0.1) is 17.6 Å². The van der Waals surface area contributed by atoms with Gasteiger partial charge < -0.3 is 0 Å². The number of hydrogen-bond acceptors (Lipinski definition) is 2. The van der Waals surface area contributed by atoms with Crippen LogP contribution in [-0.2, 0) is 12.3 Å². The van der Waals surface area contributed by atoms with Gasteiger partial charge in [-0.1, -0.05) is 6.92 Å². The Hall–Kier alpha value is -1.35. The molecule has 0 aliphatic heterocycles. The van der Waals surface area contributed by atoms with Crippen LogP contribution in [0.15, 0.2) is 18.5 Å². The van der Waals surface area contributed by atoms with Crippen molar-refractivity contribution in [2.24, 2.45) is 0 Å². The molecule has 0 bridgehead atoms. The number of nitrogens with zero attached hydrogens (tertiary/aromatic N) is 3. The molecule has 17 heavy (non-hydrogen) atoms. The Labute approximate surface area is 106 Å². The molecule has 2 rings (SSSR count). The molecule has 0 saturated heterocycles. The molecule has 3 nitrogen and oxygen atoms in total. The highest BCUT2D eigenvalue weighted by atomic mass is 35.5. The summed E-state index contributed by atoms with van der Waals surface area (Å²) in [6.45, 7) is 6.27. The molecule has 0 atom stereocenters. The van der Waals surface area contributed by atoms with E-state index < -0.39 is 0 Å². The zero-order chi connectivity index (χ0) is 12.4. The molecule has 0 unspecified atom stereocenters. The Morgan fingerprint density at radius 1 is 1.35 bits per heavy atom. The fourth-order valence-electron chi connectivity index (χ4n) is 2.14. The molecule has 0 fully saturated rings. The maximum atomic E-state index is 5.95. The topological polar surface area (TPSA) is 30.7 Å². The van der Waals surface area contributed by atoms with Gasteiger partial charge >= 0.3 is 0 Å². The Bertz CT molecular complexity index is 531. The lowest BCUT2D eigenvalue weighted by atomic mass is 10.1. The third-order valence-electron chi connectivity index (χ3n) is 3.05. The van der Waals surface area contributed by atoms with E-state index in [-0.39, 0.29) is 0 Å². The van der Waals surface area contributed by atoms with Crippen LogP contribution in [0.3, 0.4) is 0 Å². The van der Waals surface area contributed by atoms with Crippen LogP contribution in [0.4, 0.5) is 0 Å². The molecule has 0 N–H and O–H groups in total. The molecular formula is C13H16ClN3. The van der Waals surface area contributed by atoms with Gasteiger partial charge in [-0.3, -0.25) is 4.98 Å². The lowest BCUT2D eigenvalue weighted by molar-refractivity contribution is 0.819. The fraction of sp³-hybridized carbons (Fsp3) is 0.385. The van der Waals surface area contributed by atoms with Crippen LogP contribution in [0, 0.1) is 13.8 Å². The van der Waals surface area contributed by atoms with Gasteiger partial charge in [-0.15, -0.1) is 11.6 Å². The molecule has 0 saturated carbocycles. The summed E-state index contributed by atoms with van der Waals surface area (Å²) in [5, 5.41) is 4.58. The van der Waals surface area contributed by atoms with E-state index in [1.165, 1.54) is 11.3 Å². The number of hydrogen-bond donors (Lipinski definition) is 0. The Morgan fingerprint density at radius 3 is 2.71 bits per heavy atom. The summed E-state index contributed by atoms with van der Waals surface area (Å²) in [4.78, 5) is 4.16. The fourth-order valence-corrected chi connectivity index (χ4v) is 2.37. The summed E-state index contributed by atoms with van der Waals surface area (Å²) in [5.41, 5.74) is 5.57. The summed E-state index contributed by atoms with van der Waals surface area (Å²) in [6, 6.07) is 1.93. The molecule has 0 spiro atoms. The average molecular weight is 250 g/mol. The van der Waals surface area contributed by atoms with Crippen LogP contribution in [0.5, 0.6) is 0 Å². The Balaban J connectivity index is 2.61. The molecule has 0 aromatic carbocycles. The largest absolute Gasteiger partial charge is 0.262 e. The monoisotopic (exact) mass is 249 g/mol. The molecule has 4 heteroatoms. The Morgan fingerprint density at radius 2 is 2.12 bits per heavy atom. The van der Waals surface area contributed by atoms with Gasteiger partial charge in [0, 0.05) is 17.8 Å². The zero-order valence-electron chi connectivity index (χ0n) is 10.4. The van der Waals surface area contributed by atoms with Crippen molar-refractivity contribution in [2.45, 2.75) is 33.1 Å². The van der Waals surface area contributed by atoms with Gasteiger partial charge in [0.15, 0.2) is 0 Å². The third kappa shape index (κ3) is 2.07. The zero-order valence-corrected chi connectivity index (χ0v) is 11.1. The number of halogens is 1. The van der Waals surface area contributed by atoms with Crippen LogP contribution >= 0.6 is 11.6 Å². The van der Waals surface area contributed by atoms with Crippen molar-refractivity contribution in [3.05, 3.63) is 41.0 Å². The van der Waals surface area contributed by atoms with Gasteiger partial charge in [-0.2, -0.15) is 5.10 Å². The number of pyridine rings is 1. The minimum absolute atomic E-state index is 0.470. The quantitative estimate of drug-likeness (QED) is 0.783. The Kier molecular flexibility index (Phi) is 3.48. The highest BCUT2D eigenvalue weighted by Crippen LogP contribution is 2.21. The number of alkyl halides is 1. The van der Waals surface area contributed by atoms with Gasteiger partial charge in [-0.05, 0) is 37.5 Å². The molecule has 0 amide bonds. The SMILES string of the molecule is CCc1c(C)nn(-c2cnccc2CCl)c1C. The van der Waals surface area contributed by atoms with E-state index >= 15 is 0 Å². The second-order valence-corrected chi connectivity index (χ2v) is 4.32. The van der Waals surface area contributed by atoms with Crippen molar-refractivity contribution in [1.29, 1.82) is 0 Å². The average Bonchev–Trinajstić information content (AvgIpc) is 2.64. The van der Waals surface area contributed by atoms with Crippen LogP contribution < -0.4 is 0 Å². The minimum Gasteiger partial charge on any atom is -0.262 e. The molecule has 2 aromatic rings. The lowest BCUT2D eigenvalue weighted by Gasteiger charge is -2.08. The number of rotatable bonds is 3. The first kappa shape index (κ1) is 12.1. The van der Waals surface area contributed by atoms with Crippen LogP contribution in [0.2, 0.25) is 0 Å². The molecular weight excluding hydrogens is 234 g/mol. The van der Waals surface area contributed by atoms with Crippen LogP contribution in [-0.4, -0.2) is 14.8 Å². The first-order valence-corrected chi connectivity index (χ1v) is 6.26. The van der Waals surface area contributed by atoms with Gasteiger partial charge in [-0.25, -0.2) is 4.68 Å². The van der Waals surface area contributed by atoms with Crippen LogP contribution in [0.1, 0.15) is 29.4 Å². The molecule has 0 aliphatic rings. The summed E-state index contributed by atoms with van der Waals surface area (Å²) < 4.78 is 1.94. The number of aromatic nitrogens is 3. The maximum Gasteiger partial charge on any atom is 0.0876 e. The van der Waals surface area contributed by atoms with Gasteiger partial charge in [0.1, 0.15) is 0 Å². The van der Waals surface area contributed by atoms with Crippen molar-refractivity contribution in [2.75, 3.05) is 0 Å². The predicted octanol–water partition coefficient (Wildman–Crippen LogP) is 3.19. The van der Waals surface area contributed by atoms with E-state index in [9.17, 15) is 0 Å². The molecule has 90 valence electrons. The van der Waals surface area contributed by atoms with Gasteiger partial charge in [0.2, 0.25) is 0 Å². The minimum atomic E-state index is 0.470.